The fourth-order valence-electron chi connectivity index (χ4n) is 4.22. The van der Waals surface area contributed by atoms with E-state index in [1.54, 1.807) is 24.3 Å². The fourth-order valence-corrected chi connectivity index (χ4v) is 5.77. The molecular formula is C25H23FN4O3S. The normalized spacial score (nSPS) is 17.0. The lowest BCUT2D eigenvalue weighted by Crippen LogP contribution is -2.43. The van der Waals surface area contributed by atoms with E-state index in [4.69, 9.17) is 0 Å². The third-order valence-corrected chi connectivity index (χ3v) is 7.85. The number of aromatic nitrogens is 2. The lowest BCUT2D eigenvalue weighted by Gasteiger charge is -2.31. The lowest BCUT2D eigenvalue weighted by molar-refractivity contribution is -0.120. The molecule has 174 valence electrons. The summed E-state index contributed by atoms with van der Waals surface area (Å²) < 4.78 is 41.6. The largest absolute Gasteiger partial charge is 0.338 e. The van der Waals surface area contributed by atoms with Crippen LogP contribution in [0.5, 0.6) is 0 Å². The van der Waals surface area contributed by atoms with Crippen molar-refractivity contribution in [1.29, 1.82) is 0 Å². The topological polar surface area (TPSA) is 95.2 Å². The van der Waals surface area contributed by atoms with E-state index in [-0.39, 0.29) is 17.3 Å². The monoisotopic (exact) mass is 478 g/mol. The molecule has 3 aromatic carbocycles. The second-order valence-electron chi connectivity index (χ2n) is 8.33. The van der Waals surface area contributed by atoms with Crippen molar-refractivity contribution in [3.8, 4) is 11.4 Å². The molecule has 1 atom stereocenters. The van der Waals surface area contributed by atoms with Gasteiger partial charge in [-0.25, -0.2) is 17.8 Å². The SMILES string of the molecule is O=C(Nc1cccc(F)c1)C1CCCN(S(=O)(=O)c2ccc3nc(-c4ccccc4)[nH]c3c2)C1. The minimum absolute atomic E-state index is 0.0692. The Kier molecular flexibility index (Phi) is 5.89. The highest BCUT2D eigenvalue weighted by atomic mass is 32.2. The summed E-state index contributed by atoms with van der Waals surface area (Å²) in [7, 11) is -3.81. The minimum Gasteiger partial charge on any atom is -0.338 e. The number of nitrogens with one attached hydrogen (secondary N) is 2. The van der Waals surface area contributed by atoms with Gasteiger partial charge in [0.15, 0.2) is 0 Å². The maximum Gasteiger partial charge on any atom is 0.243 e. The number of piperidine rings is 1. The molecule has 1 aliphatic rings. The number of carbonyl (C=O) groups excluding carboxylic acids is 1. The number of carbonyl (C=O) groups is 1. The molecule has 1 aromatic heterocycles. The lowest BCUT2D eigenvalue weighted by atomic mass is 9.99. The number of nitrogens with zero attached hydrogens (tertiary/aromatic N) is 2. The van der Waals surface area contributed by atoms with Crippen LogP contribution in [0.4, 0.5) is 10.1 Å². The number of hydrogen-bond donors (Lipinski definition) is 2. The first-order chi connectivity index (χ1) is 16.4. The van der Waals surface area contributed by atoms with E-state index in [2.05, 4.69) is 15.3 Å². The van der Waals surface area contributed by atoms with Crippen molar-refractivity contribution in [2.45, 2.75) is 17.7 Å². The molecule has 0 saturated carbocycles. The van der Waals surface area contributed by atoms with Crippen molar-refractivity contribution in [2.75, 3.05) is 18.4 Å². The van der Waals surface area contributed by atoms with E-state index < -0.39 is 21.8 Å². The van der Waals surface area contributed by atoms with Crippen LogP contribution in [0.1, 0.15) is 12.8 Å². The summed E-state index contributed by atoms with van der Waals surface area (Å²) in [4.78, 5) is 20.6. The smallest absolute Gasteiger partial charge is 0.243 e. The Bertz CT molecular complexity index is 1450. The number of halogens is 1. The average molecular weight is 479 g/mol. The maximum atomic E-state index is 13.4. The van der Waals surface area contributed by atoms with Crippen molar-refractivity contribution < 1.29 is 17.6 Å². The molecular weight excluding hydrogens is 455 g/mol. The molecule has 9 heteroatoms. The van der Waals surface area contributed by atoms with Crippen molar-refractivity contribution in [3.05, 3.63) is 78.6 Å². The minimum atomic E-state index is -3.81. The van der Waals surface area contributed by atoms with E-state index >= 15 is 0 Å². The maximum absolute atomic E-state index is 13.4. The van der Waals surface area contributed by atoms with Crippen molar-refractivity contribution in [2.24, 2.45) is 5.92 Å². The molecule has 1 saturated heterocycles. The van der Waals surface area contributed by atoms with Crippen LogP contribution in [-0.4, -0.2) is 41.7 Å². The highest BCUT2D eigenvalue weighted by Gasteiger charge is 2.33. The fraction of sp³-hybridized carbons (Fsp3) is 0.200. The second kappa shape index (κ2) is 9.00. The third-order valence-electron chi connectivity index (χ3n) is 5.99. The van der Waals surface area contributed by atoms with E-state index in [1.165, 1.54) is 22.5 Å². The number of sulfonamides is 1. The molecule has 2 heterocycles. The number of aromatic amines is 1. The molecule has 0 aliphatic carbocycles. The molecule has 0 spiro atoms. The van der Waals surface area contributed by atoms with Gasteiger partial charge < -0.3 is 10.3 Å². The van der Waals surface area contributed by atoms with Crippen LogP contribution in [0, 0.1) is 11.7 Å². The molecule has 4 aromatic rings. The zero-order valence-electron chi connectivity index (χ0n) is 18.2. The van der Waals surface area contributed by atoms with Gasteiger partial charge in [0.2, 0.25) is 15.9 Å². The van der Waals surface area contributed by atoms with Crippen molar-refractivity contribution in [3.63, 3.8) is 0 Å². The molecule has 7 nitrogen and oxygen atoms in total. The molecule has 1 fully saturated rings. The zero-order valence-corrected chi connectivity index (χ0v) is 19.1. The standard InChI is InChI=1S/C25H23FN4O3S/c26-19-9-4-10-20(14-19)27-25(31)18-8-5-13-30(16-18)34(32,33)21-11-12-22-23(15-21)29-24(28-22)17-6-2-1-3-7-17/h1-4,6-7,9-12,14-15,18H,5,8,13,16H2,(H,27,31)(H,28,29). The number of hydrogen-bond acceptors (Lipinski definition) is 4. The zero-order chi connectivity index (χ0) is 23.7. The number of fused-ring (bicyclic) bond motifs is 1. The van der Waals surface area contributed by atoms with Gasteiger partial charge in [0, 0.05) is 24.3 Å². The molecule has 34 heavy (non-hydrogen) atoms. The first-order valence-corrected chi connectivity index (χ1v) is 12.5. The highest BCUT2D eigenvalue weighted by molar-refractivity contribution is 7.89. The van der Waals surface area contributed by atoms with E-state index in [1.807, 2.05) is 30.3 Å². The van der Waals surface area contributed by atoms with E-state index in [0.717, 1.165) is 5.56 Å². The van der Waals surface area contributed by atoms with E-state index in [9.17, 15) is 17.6 Å². The Hall–Kier alpha value is -3.56. The highest BCUT2D eigenvalue weighted by Crippen LogP contribution is 2.28. The Morgan fingerprint density at radius 2 is 1.88 bits per heavy atom. The summed E-state index contributed by atoms with van der Waals surface area (Å²) in [6.45, 7) is 0.405. The summed E-state index contributed by atoms with van der Waals surface area (Å²) in [5.74, 6) is -0.623. The van der Waals surface area contributed by atoms with E-state index in [0.29, 0.717) is 41.9 Å². The number of benzene rings is 3. The van der Waals surface area contributed by atoms with Gasteiger partial charge in [-0.1, -0.05) is 36.4 Å². The van der Waals surface area contributed by atoms with Gasteiger partial charge in [-0.2, -0.15) is 4.31 Å². The molecule has 1 aliphatic heterocycles. The van der Waals surface area contributed by atoms with Crippen LogP contribution >= 0.6 is 0 Å². The van der Waals surface area contributed by atoms with Gasteiger partial charge >= 0.3 is 0 Å². The van der Waals surface area contributed by atoms with Crippen LogP contribution < -0.4 is 5.32 Å². The Morgan fingerprint density at radius 1 is 1.06 bits per heavy atom. The Morgan fingerprint density at radius 3 is 2.68 bits per heavy atom. The summed E-state index contributed by atoms with van der Waals surface area (Å²) in [6, 6.07) is 20.1. The Balaban J connectivity index is 1.35. The number of H-pyrrole nitrogens is 1. The van der Waals surface area contributed by atoms with Gasteiger partial charge in [-0.3, -0.25) is 4.79 Å². The number of rotatable bonds is 5. The van der Waals surface area contributed by atoms with Crippen LogP contribution in [0.15, 0.2) is 77.7 Å². The van der Waals surface area contributed by atoms with Crippen LogP contribution in [0.3, 0.4) is 0 Å². The predicted molar refractivity (Wildman–Crippen MR) is 128 cm³/mol. The summed E-state index contributed by atoms with van der Waals surface area (Å²) in [5, 5.41) is 2.69. The predicted octanol–water partition coefficient (Wildman–Crippen LogP) is 4.41. The molecule has 0 bridgehead atoms. The summed E-state index contributed by atoms with van der Waals surface area (Å²) in [5.41, 5.74) is 2.55. The molecule has 5 rings (SSSR count). The third kappa shape index (κ3) is 4.44. The van der Waals surface area contributed by atoms with Crippen molar-refractivity contribution >= 4 is 32.7 Å². The van der Waals surface area contributed by atoms with Crippen LogP contribution in [0.25, 0.3) is 22.4 Å². The summed E-state index contributed by atoms with van der Waals surface area (Å²) in [6.07, 6.45) is 1.12. The molecule has 1 unspecified atom stereocenters. The first-order valence-electron chi connectivity index (χ1n) is 11.0. The quantitative estimate of drug-likeness (QED) is 0.444. The van der Waals surface area contributed by atoms with Gasteiger partial charge in [0.1, 0.15) is 11.6 Å². The average Bonchev–Trinajstić information content (AvgIpc) is 3.28. The number of imidazole rings is 1. The van der Waals surface area contributed by atoms with Gasteiger partial charge in [0.25, 0.3) is 0 Å². The molecule has 2 N–H and O–H groups in total. The van der Waals surface area contributed by atoms with Crippen molar-refractivity contribution in [1.82, 2.24) is 14.3 Å². The first kappa shape index (κ1) is 22.2. The van der Waals surface area contributed by atoms with Gasteiger partial charge in [0.05, 0.1) is 21.8 Å². The number of anilines is 1. The van der Waals surface area contributed by atoms with Gasteiger partial charge in [-0.05, 0) is 49.2 Å². The van der Waals surface area contributed by atoms with Crippen LogP contribution in [0.2, 0.25) is 0 Å². The summed E-state index contributed by atoms with van der Waals surface area (Å²) >= 11 is 0. The second-order valence-corrected chi connectivity index (χ2v) is 10.3. The Labute approximate surface area is 196 Å². The van der Waals surface area contributed by atoms with Gasteiger partial charge in [-0.15, -0.1) is 0 Å². The molecule has 1 amide bonds. The number of amides is 1. The van der Waals surface area contributed by atoms with Crippen LogP contribution in [-0.2, 0) is 14.8 Å². The molecule has 0 radical (unpaired) electrons.